The minimum absolute atomic E-state index is 0.0403. The Morgan fingerprint density at radius 1 is 1.16 bits per heavy atom. The molecule has 7 nitrogen and oxygen atoms in total. The van der Waals surface area contributed by atoms with Crippen LogP contribution in [0, 0.1) is 0 Å². The molecule has 1 aliphatic heterocycles. The standard InChI is InChI=1S/C22H22ClN3O4S/c1-2-30-19-10-9-16(14-20(19)31(28,29)26-11-5-6-12-26)24-22(27)18-13-15-7-3-4-8-17(15)21(23)25-18/h3-4,7-10,13-14H,2,5-6,11-12H2,1H3,(H,24,27). The second-order valence-corrected chi connectivity index (χ2v) is 9.44. The average Bonchev–Trinajstić information content (AvgIpc) is 3.31. The molecule has 0 atom stereocenters. The Morgan fingerprint density at radius 2 is 1.90 bits per heavy atom. The number of benzene rings is 2. The van der Waals surface area contributed by atoms with Crippen molar-refractivity contribution in [2.75, 3.05) is 25.0 Å². The molecule has 3 aromatic rings. The first kappa shape index (κ1) is 21.5. The fraction of sp³-hybridized carbons (Fsp3) is 0.273. The predicted octanol–water partition coefficient (Wildman–Crippen LogP) is 4.32. The molecule has 0 saturated carbocycles. The molecular formula is C22H22ClN3O4S. The summed E-state index contributed by atoms with van der Waals surface area (Å²) in [5, 5.41) is 4.49. The van der Waals surface area contributed by atoms with Crippen molar-refractivity contribution < 1.29 is 17.9 Å². The molecule has 9 heteroatoms. The van der Waals surface area contributed by atoms with Gasteiger partial charge in [-0.1, -0.05) is 35.9 Å². The third kappa shape index (κ3) is 4.37. The fourth-order valence-corrected chi connectivity index (χ4v) is 5.53. The number of halogens is 1. The minimum atomic E-state index is -3.73. The Kier molecular flexibility index (Phi) is 6.13. The molecule has 1 N–H and O–H groups in total. The average molecular weight is 460 g/mol. The number of amides is 1. The molecule has 1 amide bonds. The van der Waals surface area contributed by atoms with E-state index in [0.717, 1.165) is 23.6 Å². The van der Waals surface area contributed by atoms with E-state index < -0.39 is 15.9 Å². The van der Waals surface area contributed by atoms with E-state index in [1.165, 1.54) is 10.4 Å². The van der Waals surface area contributed by atoms with Gasteiger partial charge in [0.1, 0.15) is 21.5 Å². The molecule has 1 aromatic heterocycles. The number of anilines is 1. The van der Waals surface area contributed by atoms with Crippen LogP contribution in [-0.4, -0.2) is 43.3 Å². The van der Waals surface area contributed by atoms with Crippen LogP contribution in [-0.2, 0) is 10.0 Å². The first-order valence-electron chi connectivity index (χ1n) is 10.0. The zero-order chi connectivity index (χ0) is 22.0. The van der Waals surface area contributed by atoms with E-state index in [2.05, 4.69) is 10.3 Å². The Bertz CT molecular complexity index is 1240. The van der Waals surface area contributed by atoms with Gasteiger partial charge in [-0.2, -0.15) is 4.31 Å². The Hall–Kier alpha value is -2.68. The van der Waals surface area contributed by atoms with Crippen molar-refractivity contribution in [3.8, 4) is 5.75 Å². The molecule has 1 aliphatic rings. The van der Waals surface area contributed by atoms with Crippen molar-refractivity contribution in [3.63, 3.8) is 0 Å². The van der Waals surface area contributed by atoms with E-state index in [1.807, 2.05) is 24.3 Å². The molecule has 162 valence electrons. The normalized spacial score (nSPS) is 14.6. The molecule has 0 radical (unpaired) electrons. The van der Waals surface area contributed by atoms with Crippen molar-refractivity contribution in [2.24, 2.45) is 0 Å². The summed E-state index contributed by atoms with van der Waals surface area (Å²) in [6.07, 6.45) is 1.65. The summed E-state index contributed by atoms with van der Waals surface area (Å²) in [6, 6.07) is 13.6. The summed E-state index contributed by atoms with van der Waals surface area (Å²) < 4.78 is 33.3. The number of hydrogen-bond acceptors (Lipinski definition) is 5. The topological polar surface area (TPSA) is 88.6 Å². The predicted molar refractivity (Wildman–Crippen MR) is 120 cm³/mol. The Labute approximate surface area is 186 Å². The lowest BCUT2D eigenvalue weighted by atomic mass is 10.1. The molecule has 31 heavy (non-hydrogen) atoms. The number of nitrogens with one attached hydrogen (secondary N) is 1. The van der Waals surface area contributed by atoms with E-state index in [9.17, 15) is 13.2 Å². The van der Waals surface area contributed by atoms with Crippen LogP contribution in [0.3, 0.4) is 0 Å². The molecule has 0 unspecified atom stereocenters. The van der Waals surface area contributed by atoms with Crippen LogP contribution < -0.4 is 10.1 Å². The highest BCUT2D eigenvalue weighted by Gasteiger charge is 2.30. The quantitative estimate of drug-likeness (QED) is 0.554. The highest BCUT2D eigenvalue weighted by atomic mass is 35.5. The zero-order valence-corrected chi connectivity index (χ0v) is 18.5. The first-order valence-corrected chi connectivity index (χ1v) is 11.9. The summed E-state index contributed by atoms with van der Waals surface area (Å²) in [4.78, 5) is 17.0. The molecule has 1 saturated heterocycles. The second kappa shape index (κ2) is 8.82. The number of carbonyl (C=O) groups excluding carboxylic acids is 1. The lowest BCUT2D eigenvalue weighted by Gasteiger charge is -2.19. The molecule has 1 fully saturated rings. The summed E-state index contributed by atoms with van der Waals surface area (Å²) in [7, 11) is -3.73. The molecular weight excluding hydrogens is 438 g/mol. The van der Waals surface area contributed by atoms with Gasteiger partial charge in [-0.3, -0.25) is 4.79 Å². The Morgan fingerprint density at radius 3 is 2.65 bits per heavy atom. The van der Waals surface area contributed by atoms with Gasteiger partial charge in [-0.15, -0.1) is 0 Å². The molecule has 0 bridgehead atoms. The van der Waals surface area contributed by atoms with Gasteiger partial charge in [-0.25, -0.2) is 13.4 Å². The number of hydrogen-bond donors (Lipinski definition) is 1. The van der Waals surface area contributed by atoms with Gasteiger partial charge in [0.15, 0.2) is 0 Å². The number of sulfonamides is 1. The molecule has 2 aromatic carbocycles. The third-order valence-corrected chi connectivity index (χ3v) is 7.32. The van der Waals surface area contributed by atoms with Crippen LogP contribution in [0.25, 0.3) is 10.8 Å². The van der Waals surface area contributed by atoms with Crippen LogP contribution in [0.2, 0.25) is 5.15 Å². The molecule has 0 spiro atoms. The maximum absolute atomic E-state index is 13.1. The molecule has 0 aliphatic carbocycles. The number of pyridine rings is 1. The van der Waals surface area contributed by atoms with Crippen molar-refractivity contribution in [1.29, 1.82) is 0 Å². The van der Waals surface area contributed by atoms with Crippen molar-refractivity contribution in [3.05, 3.63) is 59.4 Å². The third-order valence-electron chi connectivity index (χ3n) is 5.11. The summed E-state index contributed by atoms with van der Waals surface area (Å²) in [6.45, 7) is 3.07. The summed E-state index contributed by atoms with van der Waals surface area (Å²) in [5.41, 5.74) is 0.471. The van der Waals surface area contributed by atoms with Crippen molar-refractivity contribution >= 4 is 44.0 Å². The van der Waals surface area contributed by atoms with Gasteiger partial charge in [0.25, 0.3) is 5.91 Å². The van der Waals surface area contributed by atoms with E-state index in [4.69, 9.17) is 16.3 Å². The van der Waals surface area contributed by atoms with Gasteiger partial charge in [0.05, 0.1) is 6.61 Å². The fourth-order valence-electron chi connectivity index (χ4n) is 3.60. The number of carbonyl (C=O) groups is 1. The van der Waals surface area contributed by atoms with Crippen LogP contribution in [0.15, 0.2) is 53.4 Å². The van der Waals surface area contributed by atoms with E-state index in [-0.39, 0.29) is 21.5 Å². The van der Waals surface area contributed by atoms with Crippen molar-refractivity contribution in [2.45, 2.75) is 24.7 Å². The number of fused-ring (bicyclic) bond motifs is 1. The summed E-state index contributed by atoms with van der Waals surface area (Å²) >= 11 is 6.23. The highest BCUT2D eigenvalue weighted by Crippen LogP contribution is 2.32. The van der Waals surface area contributed by atoms with Crippen LogP contribution in [0.1, 0.15) is 30.3 Å². The van der Waals surface area contributed by atoms with Crippen LogP contribution in [0.4, 0.5) is 5.69 Å². The van der Waals surface area contributed by atoms with E-state index >= 15 is 0 Å². The van der Waals surface area contributed by atoms with E-state index in [0.29, 0.717) is 25.4 Å². The largest absolute Gasteiger partial charge is 0.492 e. The van der Waals surface area contributed by atoms with Crippen LogP contribution in [0.5, 0.6) is 5.75 Å². The lowest BCUT2D eigenvalue weighted by molar-refractivity contribution is 0.102. The maximum atomic E-state index is 13.1. The lowest BCUT2D eigenvalue weighted by Crippen LogP contribution is -2.28. The number of aromatic nitrogens is 1. The van der Waals surface area contributed by atoms with E-state index in [1.54, 1.807) is 25.1 Å². The summed E-state index contributed by atoms with van der Waals surface area (Å²) in [5.74, 6) is -0.222. The van der Waals surface area contributed by atoms with Crippen LogP contribution >= 0.6 is 11.6 Å². The van der Waals surface area contributed by atoms with Gasteiger partial charge < -0.3 is 10.1 Å². The second-order valence-electron chi connectivity index (χ2n) is 7.18. The highest BCUT2D eigenvalue weighted by molar-refractivity contribution is 7.89. The zero-order valence-electron chi connectivity index (χ0n) is 17.0. The maximum Gasteiger partial charge on any atom is 0.274 e. The monoisotopic (exact) mass is 459 g/mol. The smallest absolute Gasteiger partial charge is 0.274 e. The first-order chi connectivity index (χ1) is 14.9. The van der Waals surface area contributed by atoms with Crippen molar-refractivity contribution in [1.82, 2.24) is 9.29 Å². The minimum Gasteiger partial charge on any atom is -0.492 e. The number of nitrogens with zero attached hydrogens (tertiary/aromatic N) is 2. The van der Waals surface area contributed by atoms with Gasteiger partial charge in [0.2, 0.25) is 10.0 Å². The molecule has 2 heterocycles. The molecule has 4 rings (SSSR count). The van der Waals surface area contributed by atoms with Gasteiger partial charge in [-0.05, 0) is 49.4 Å². The number of ether oxygens (including phenoxy) is 1. The SMILES string of the molecule is CCOc1ccc(NC(=O)c2cc3ccccc3c(Cl)n2)cc1S(=O)(=O)N1CCCC1. The Balaban J connectivity index is 1.66. The van der Waals surface area contributed by atoms with Gasteiger partial charge in [0, 0.05) is 24.2 Å². The number of rotatable bonds is 6. The van der Waals surface area contributed by atoms with Gasteiger partial charge >= 0.3 is 0 Å².